The van der Waals surface area contributed by atoms with Crippen LogP contribution in [0.2, 0.25) is 0 Å². The molecular formula is C21H23N3O2. The van der Waals surface area contributed by atoms with Crippen LogP contribution >= 0.6 is 0 Å². The first-order valence-corrected chi connectivity index (χ1v) is 8.87. The number of H-pyrrole nitrogens is 1. The van der Waals surface area contributed by atoms with Crippen molar-refractivity contribution in [2.75, 3.05) is 32.1 Å². The third-order valence-electron chi connectivity index (χ3n) is 5.10. The molecule has 0 radical (unpaired) electrons. The summed E-state index contributed by atoms with van der Waals surface area (Å²) in [5, 5.41) is 1.22. The Hall–Kier alpha value is -2.95. The number of ether oxygens (including phenoxy) is 1. The van der Waals surface area contributed by atoms with Crippen molar-refractivity contribution in [1.82, 2.24) is 9.88 Å². The predicted octanol–water partition coefficient (Wildman–Crippen LogP) is 3.20. The fourth-order valence-electron chi connectivity index (χ4n) is 3.71. The third-order valence-corrected chi connectivity index (χ3v) is 5.10. The van der Waals surface area contributed by atoms with Crippen LogP contribution in [0.15, 0.2) is 48.5 Å². The number of rotatable bonds is 4. The van der Waals surface area contributed by atoms with Gasteiger partial charge in [0.25, 0.3) is 0 Å². The number of benzene rings is 2. The van der Waals surface area contributed by atoms with Gasteiger partial charge in [-0.3, -0.25) is 4.79 Å². The number of likely N-dealkylation sites (N-methyl/N-ethyl adjacent to an activating group) is 1. The second kappa shape index (κ2) is 6.75. The molecule has 0 spiro atoms. The number of aromatic nitrogens is 1. The summed E-state index contributed by atoms with van der Waals surface area (Å²) in [5.74, 6) is 0.912. The van der Waals surface area contributed by atoms with Gasteiger partial charge in [-0.1, -0.05) is 30.3 Å². The topological polar surface area (TPSA) is 48.6 Å². The van der Waals surface area contributed by atoms with Crippen LogP contribution in [0, 0.1) is 0 Å². The van der Waals surface area contributed by atoms with Gasteiger partial charge in [0.1, 0.15) is 5.75 Å². The van der Waals surface area contributed by atoms with Gasteiger partial charge >= 0.3 is 0 Å². The van der Waals surface area contributed by atoms with Crippen molar-refractivity contribution in [2.45, 2.75) is 13.0 Å². The van der Waals surface area contributed by atoms with Gasteiger partial charge in [-0.25, -0.2) is 0 Å². The van der Waals surface area contributed by atoms with Crippen molar-refractivity contribution in [1.29, 1.82) is 0 Å². The molecule has 1 aliphatic rings. The van der Waals surface area contributed by atoms with E-state index in [1.807, 2.05) is 53.2 Å². The predicted molar refractivity (Wildman–Crippen MR) is 104 cm³/mol. The van der Waals surface area contributed by atoms with E-state index in [0.29, 0.717) is 13.1 Å². The lowest BCUT2D eigenvalue weighted by atomic mass is 10.0. The van der Waals surface area contributed by atoms with Crippen LogP contribution in [0.4, 0.5) is 5.69 Å². The van der Waals surface area contributed by atoms with Gasteiger partial charge in [0.05, 0.1) is 19.3 Å². The lowest BCUT2D eigenvalue weighted by molar-refractivity contribution is -0.130. The number of fused-ring (bicyclic) bond motifs is 3. The number of hydrogen-bond acceptors (Lipinski definition) is 3. The summed E-state index contributed by atoms with van der Waals surface area (Å²) in [6.45, 7) is 1.74. The molecule has 26 heavy (non-hydrogen) atoms. The molecule has 0 aliphatic carbocycles. The lowest BCUT2D eigenvalue weighted by Gasteiger charge is -2.30. The average Bonchev–Trinajstić information content (AvgIpc) is 3.05. The Kier molecular flexibility index (Phi) is 4.29. The van der Waals surface area contributed by atoms with Gasteiger partial charge in [-0.15, -0.1) is 0 Å². The van der Waals surface area contributed by atoms with Gasteiger partial charge in [-0.2, -0.15) is 0 Å². The summed E-state index contributed by atoms with van der Waals surface area (Å²) < 4.78 is 5.41. The quantitative estimate of drug-likeness (QED) is 0.787. The maximum atomic E-state index is 12.9. The molecule has 5 nitrogen and oxygen atoms in total. The molecule has 0 bridgehead atoms. The van der Waals surface area contributed by atoms with Crippen molar-refractivity contribution in [3.8, 4) is 5.75 Å². The molecule has 0 atom stereocenters. The summed E-state index contributed by atoms with van der Waals surface area (Å²) in [6.07, 6.45) is 0.869. The van der Waals surface area contributed by atoms with Crippen LogP contribution in [-0.2, 0) is 17.8 Å². The van der Waals surface area contributed by atoms with Crippen LogP contribution in [0.1, 0.15) is 11.3 Å². The average molecular weight is 349 g/mol. The number of amides is 1. The zero-order valence-electron chi connectivity index (χ0n) is 15.2. The van der Waals surface area contributed by atoms with E-state index in [0.717, 1.165) is 29.9 Å². The minimum absolute atomic E-state index is 0.134. The Morgan fingerprint density at radius 2 is 1.96 bits per heavy atom. The number of carbonyl (C=O) groups excluding carboxylic acids is 1. The van der Waals surface area contributed by atoms with Crippen molar-refractivity contribution < 1.29 is 9.53 Å². The Morgan fingerprint density at radius 3 is 2.81 bits per heavy atom. The molecule has 134 valence electrons. The van der Waals surface area contributed by atoms with E-state index in [4.69, 9.17) is 4.74 Å². The molecular weight excluding hydrogens is 326 g/mol. The number of methoxy groups -OCH3 is 1. The van der Waals surface area contributed by atoms with Gasteiger partial charge < -0.3 is 19.5 Å². The van der Waals surface area contributed by atoms with Gasteiger partial charge in [0, 0.05) is 48.7 Å². The van der Waals surface area contributed by atoms with E-state index < -0.39 is 0 Å². The highest BCUT2D eigenvalue weighted by atomic mass is 16.5. The molecule has 5 heteroatoms. The molecule has 2 heterocycles. The van der Waals surface area contributed by atoms with Crippen molar-refractivity contribution in [3.05, 3.63) is 59.8 Å². The van der Waals surface area contributed by atoms with E-state index in [-0.39, 0.29) is 5.91 Å². The smallest absolute Gasteiger partial charge is 0.242 e. The fourth-order valence-corrected chi connectivity index (χ4v) is 3.71. The Morgan fingerprint density at radius 1 is 1.19 bits per heavy atom. The van der Waals surface area contributed by atoms with E-state index in [1.54, 1.807) is 7.11 Å². The molecule has 0 saturated heterocycles. The first-order valence-electron chi connectivity index (χ1n) is 8.87. The van der Waals surface area contributed by atoms with Crippen LogP contribution < -0.4 is 9.64 Å². The molecule has 4 rings (SSSR count). The SMILES string of the molecule is COc1ccccc1N(C)CC(=O)N1CCc2[nH]c3ccccc3c2C1. The monoisotopic (exact) mass is 349 g/mol. The van der Waals surface area contributed by atoms with Crippen LogP contribution in [0.25, 0.3) is 10.9 Å². The number of para-hydroxylation sites is 3. The molecule has 3 aromatic rings. The van der Waals surface area contributed by atoms with E-state index in [1.165, 1.54) is 16.6 Å². The Balaban J connectivity index is 1.51. The normalized spacial score (nSPS) is 13.5. The van der Waals surface area contributed by atoms with E-state index in [9.17, 15) is 4.79 Å². The Labute approximate surface area is 153 Å². The highest BCUT2D eigenvalue weighted by molar-refractivity contribution is 5.87. The standard InChI is InChI=1S/C21H23N3O2/c1-23(19-9-5-6-10-20(19)26-2)14-21(25)24-12-11-18-16(13-24)15-7-3-4-8-17(15)22-18/h3-10,22H,11-14H2,1-2H3. The molecule has 0 unspecified atom stereocenters. The highest BCUT2D eigenvalue weighted by Gasteiger charge is 2.25. The molecule has 2 aromatic carbocycles. The summed E-state index contributed by atoms with van der Waals surface area (Å²) in [4.78, 5) is 20.3. The van der Waals surface area contributed by atoms with Crippen LogP contribution in [-0.4, -0.2) is 43.0 Å². The van der Waals surface area contributed by atoms with Crippen molar-refractivity contribution in [2.24, 2.45) is 0 Å². The molecule has 1 amide bonds. The first-order chi connectivity index (χ1) is 12.7. The molecule has 1 aliphatic heterocycles. The van der Waals surface area contributed by atoms with Crippen LogP contribution in [0.5, 0.6) is 5.75 Å². The first kappa shape index (κ1) is 16.5. The third kappa shape index (κ3) is 2.90. The van der Waals surface area contributed by atoms with Gasteiger partial charge in [0.2, 0.25) is 5.91 Å². The van der Waals surface area contributed by atoms with Gasteiger partial charge in [-0.05, 0) is 18.2 Å². The largest absolute Gasteiger partial charge is 0.495 e. The summed E-state index contributed by atoms with van der Waals surface area (Å²) >= 11 is 0. The maximum absolute atomic E-state index is 12.9. The Bertz CT molecular complexity index is 947. The lowest BCUT2D eigenvalue weighted by Crippen LogP contribution is -2.41. The number of hydrogen-bond donors (Lipinski definition) is 1. The van der Waals surface area contributed by atoms with Crippen molar-refractivity contribution >= 4 is 22.5 Å². The molecule has 0 fully saturated rings. The van der Waals surface area contributed by atoms with E-state index in [2.05, 4.69) is 17.1 Å². The fraction of sp³-hybridized carbons (Fsp3) is 0.286. The minimum Gasteiger partial charge on any atom is -0.495 e. The number of nitrogens with zero attached hydrogens (tertiary/aromatic N) is 2. The molecule has 1 N–H and O–H groups in total. The van der Waals surface area contributed by atoms with E-state index >= 15 is 0 Å². The molecule has 1 aromatic heterocycles. The summed E-state index contributed by atoms with van der Waals surface area (Å²) in [5.41, 5.74) is 4.58. The van der Waals surface area contributed by atoms with Crippen molar-refractivity contribution in [3.63, 3.8) is 0 Å². The zero-order chi connectivity index (χ0) is 18.1. The highest BCUT2D eigenvalue weighted by Crippen LogP contribution is 2.29. The number of anilines is 1. The molecule has 0 saturated carbocycles. The van der Waals surface area contributed by atoms with Gasteiger partial charge in [0.15, 0.2) is 0 Å². The number of aromatic amines is 1. The number of nitrogens with one attached hydrogen (secondary N) is 1. The zero-order valence-corrected chi connectivity index (χ0v) is 15.2. The second-order valence-electron chi connectivity index (χ2n) is 6.72. The maximum Gasteiger partial charge on any atom is 0.242 e. The van der Waals surface area contributed by atoms with Crippen LogP contribution in [0.3, 0.4) is 0 Å². The summed E-state index contributed by atoms with van der Waals surface area (Å²) in [7, 11) is 3.58. The summed E-state index contributed by atoms with van der Waals surface area (Å²) in [6, 6.07) is 16.1. The minimum atomic E-state index is 0.134. The second-order valence-corrected chi connectivity index (χ2v) is 6.72. The number of carbonyl (C=O) groups is 1.